The Labute approximate surface area is 123 Å². The highest BCUT2D eigenvalue weighted by Gasteiger charge is 2.23. The first kappa shape index (κ1) is 13.2. The lowest BCUT2D eigenvalue weighted by Gasteiger charge is -2.11. The third-order valence-corrected chi connectivity index (χ3v) is 3.84. The maximum atomic E-state index is 5.64. The number of nitrogens with one attached hydrogen (secondary N) is 1. The number of hydrogen-bond acceptors (Lipinski definition) is 1. The number of amidine groups is 2. The topological polar surface area (TPSA) is 115 Å². The third kappa shape index (κ3) is 2.45. The van der Waals surface area contributed by atoms with Gasteiger partial charge in [-0.05, 0) is 41.8 Å². The molecule has 0 fully saturated rings. The Hall–Kier alpha value is -2.82. The molecule has 0 saturated heterocycles. The van der Waals surface area contributed by atoms with E-state index in [4.69, 9.17) is 22.3 Å². The Balaban J connectivity index is 1.84. The average molecular weight is 281 g/mol. The molecule has 0 aliphatic carbocycles. The monoisotopic (exact) mass is 281 g/mol. The molecule has 106 valence electrons. The van der Waals surface area contributed by atoms with Gasteiger partial charge in [-0.1, -0.05) is 18.2 Å². The summed E-state index contributed by atoms with van der Waals surface area (Å²) in [5.41, 5.74) is 16.5. The molecule has 3 rings (SSSR count). The van der Waals surface area contributed by atoms with Crippen molar-refractivity contribution in [2.75, 3.05) is 5.32 Å². The Bertz CT molecular complexity index is 718. The largest absolute Gasteiger partial charge is 0.378 e. The molecule has 5 heteroatoms. The molecule has 9 N–H and O–H groups in total. The normalized spacial score (nSPS) is 16.1. The molecule has 0 radical (unpaired) electrons. The van der Waals surface area contributed by atoms with Crippen molar-refractivity contribution in [3.05, 3.63) is 64.7 Å². The highest BCUT2D eigenvalue weighted by molar-refractivity contribution is 5.94. The zero-order valence-electron chi connectivity index (χ0n) is 11.6. The predicted octanol–water partition coefficient (Wildman–Crippen LogP) is -1.68. The van der Waals surface area contributed by atoms with E-state index >= 15 is 0 Å². The number of fused-ring (bicyclic) bond motifs is 1. The predicted molar refractivity (Wildman–Crippen MR) is 83.4 cm³/mol. The molecular weight excluding hydrogens is 262 g/mol. The average Bonchev–Trinajstić information content (AvgIpc) is 2.90. The van der Waals surface area contributed by atoms with Crippen LogP contribution in [0.4, 0.5) is 5.69 Å². The van der Waals surface area contributed by atoms with Gasteiger partial charge in [0, 0.05) is 5.69 Å². The van der Waals surface area contributed by atoms with E-state index in [1.165, 1.54) is 11.1 Å². The van der Waals surface area contributed by atoms with E-state index in [1.807, 2.05) is 36.4 Å². The van der Waals surface area contributed by atoms with Crippen molar-refractivity contribution in [3.8, 4) is 0 Å². The summed E-state index contributed by atoms with van der Waals surface area (Å²) in [6.07, 6.45) is 0.932. The van der Waals surface area contributed by atoms with Crippen LogP contribution < -0.4 is 27.6 Å². The summed E-state index contributed by atoms with van der Waals surface area (Å²) in [4.78, 5) is 0. The highest BCUT2D eigenvalue weighted by atomic mass is 14.9. The van der Waals surface area contributed by atoms with Crippen molar-refractivity contribution in [3.63, 3.8) is 0 Å². The first-order chi connectivity index (χ1) is 10.0. The van der Waals surface area contributed by atoms with E-state index < -0.39 is 0 Å². The van der Waals surface area contributed by atoms with Gasteiger partial charge in [0.05, 0.1) is 17.2 Å². The van der Waals surface area contributed by atoms with Gasteiger partial charge >= 0.3 is 0 Å². The smallest absolute Gasteiger partial charge is 0.270 e. The minimum absolute atomic E-state index is 0.238. The molecular formula is C16H19N5+2. The molecule has 5 nitrogen and oxygen atoms in total. The van der Waals surface area contributed by atoms with E-state index in [0.717, 1.165) is 23.2 Å². The number of rotatable bonds is 3. The molecule has 1 aliphatic rings. The summed E-state index contributed by atoms with van der Waals surface area (Å²) in [6.45, 7) is 0. The molecule has 1 heterocycles. The highest BCUT2D eigenvalue weighted by Crippen LogP contribution is 2.34. The standard InChI is InChI=1S/C16H17N5/c17-15(18)10-3-1-9(2-4-10)13-7-11-5-6-12(16(19)20)8-14(11)21-13/h1-6,8,13,21H,7H2,(H3,17,18)(H3,19,20)/p+2. The first-order valence-electron chi connectivity index (χ1n) is 6.80. The third-order valence-electron chi connectivity index (χ3n) is 3.84. The number of nitrogens with two attached hydrogens (primary N) is 4. The number of benzene rings is 2. The van der Waals surface area contributed by atoms with Crippen LogP contribution in [0.1, 0.15) is 28.3 Å². The Morgan fingerprint density at radius 3 is 2.19 bits per heavy atom. The Morgan fingerprint density at radius 2 is 1.57 bits per heavy atom. The second-order valence-electron chi connectivity index (χ2n) is 5.31. The first-order valence-corrected chi connectivity index (χ1v) is 6.80. The molecule has 0 bridgehead atoms. The van der Waals surface area contributed by atoms with Gasteiger partial charge in [0.1, 0.15) is 0 Å². The summed E-state index contributed by atoms with van der Waals surface area (Å²) >= 11 is 0. The molecule has 2 aromatic carbocycles. The van der Waals surface area contributed by atoms with Crippen LogP contribution in [0.5, 0.6) is 0 Å². The number of hydrogen-bond donors (Lipinski definition) is 5. The minimum Gasteiger partial charge on any atom is -0.378 e. The fraction of sp³-hybridized carbons (Fsp3) is 0.125. The maximum absolute atomic E-state index is 5.64. The lowest BCUT2D eigenvalue weighted by atomic mass is 10.0. The molecule has 21 heavy (non-hydrogen) atoms. The van der Waals surface area contributed by atoms with Crippen LogP contribution in [-0.2, 0) is 6.42 Å². The summed E-state index contributed by atoms with van der Waals surface area (Å²) < 4.78 is 0. The van der Waals surface area contributed by atoms with Gasteiger partial charge in [-0.3, -0.25) is 22.3 Å². The lowest BCUT2D eigenvalue weighted by Crippen LogP contribution is -2.46. The van der Waals surface area contributed by atoms with Crippen molar-refractivity contribution in [2.45, 2.75) is 12.5 Å². The second-order valence-corrected chi connectivity index (χ2v) is 5.31. The van der Waals surface area contributed by atoms with Crippen molar-refractivity contribution in [1.29, 1.82) is 0 Å². The van der Waals surface area contributed by atoms with Crippen molar-refractivity contribution >= 4 is 17.4 Å². The van der Waals surface area contributed by atoms with Crippen LogP contribution in [0.3, 0.4) is 0 Å². The molecule has 1 unspecified atom stereocenters. The summed E-state index contributed by atoms with van der Waals surface area (Å²) in [7, 11) is 0. The summed E-state index contributed by atoms with van der Waals surface area (Å²) in [5, 5.41) is 14.7. The SMILES string of the molecule is NC(=[NH2+])c1ccc(C2Cc3ccc(C(N)=[NH2+])cc3N2)cc1. The van der Waals surface area contributed by atoms with Crippen LogP contribution in [0.2, 0.25) is 0 Å². The van der Waals surface area contributed by atoms with E-state index in [1.54, 1.807) is 0 Å². The molecule has 0 aromatic heterocycles. The van der Waals surface area contributed by atoms with Crippen LogP contribution in [0, 0.1) is 0 Å². The summed E-state index contributed by atoms with van der Waals surface area (Å²) in [5.74, 6) is 0.671. The van der Waals surface area contributed by atoms with E-state index in [0.29, 0.717) is 11.7 Å². The second kappa shape index (κ2) is 4.94. The van der Waals surface area contributed by atoms with Crippen molar-refractivity contribution in [2.24, 2.45) is 11.5 Å². The molecule has 0 saturated carbocycles. The fourth-order valence-corrected chi connectivity index (χ4v) is 2.64. The van der Waals surface area contributed by atoms with Crippen LogP contribution in [0.15, 0.2) is 42.5 Å². The summed E-state index contributed by atoms with van der Waals surface area (Å²) in [6, 6.07) is 14.2. The quantitative estimate of drug-likeness (QED) is 0.342. The fourth-order valence-electron chi connectivity index (χ4n) is 2.64. The van der Waals surface area contributed by atoms with Crippen molar-refractivity contribution < 1.29 is 10.8 Å². The van der Waals surface area contributed by atoms with Gasteiger partial charge < -0.3 is 5.32 Å². The van der Waals surface area contributed by atoms with Crippen molar-refractivity contribution in [1.82, 2.24) is 0 Å². The van der Waals surface area contributed by atoms with Gasteiger partial charge in [-0.2, -0.15) is 0 Å². The number of anilines is 1. The zero-order chi connectivity index (χ0) is 15.0. The van der Waals surface area contributed by atoms with E-state index in [-0.39, 0.29) is 6.04 Å². The molecule has 1 aliphatic heterocycles. The van der Waals surface area contributed by atoms with Crippen LogP contribution in [0.25, 0.3) is 0 Å². The Kier molecular flexibility index (Phi) is 3.10. The molecule has 0 spiro atoms. The molecule has 1 atom stereocenters. The van der Waals surface area contributed by atoms with Gasteiger partial charge in [0.2, 0.25) is 0 Å². The minimum atomic E-state index is 0.238. The van der Waals surface area contributed by atoms with Gasteiger partial charge in [0.25, 0.3) is 11.7 Å². The molecule has 2 aromatic rings. The Morgan fingerprint density at radius 1 is 0.952 bits per heavy atom. The lowest BCUT2D eigenvalue weighted by molar-refractivity contribution is -0.115. The van der Waals surface area contributed by atoms with Gasteiger partial charge in [-0.25, -0.2) is 0 Å². The van der Waals surface area contributed by atoms with Crippen LogP contribution >= 0.6 is 0 Å². The van der Waals surface area contributed by atoms with Gasteiger partial charge in [-0.15, -0.1) is 0 Å². The van der Waals surface area contributed by atoms with Crippen LogP contribution in [-0.4, -0.2) is 11.7 Å². The van der Waals surface area contributed by atoms with E-state index in [2.05, 4.69) is 11.4 Å². The van der Waals surface area contributed by atoms with E-state index in [9.17, 15) is 0 Å². The molecule has 0 amide bonds. The maximum Gasteiger partial charge on any atom is 0.270 e. The zero-order valence-corrected chi connectivity index (χ0v) is 11.6. The van der Waals surface area contributed by atoms with Gasteiger partial charge in [0.15, 0.2) is 0 Å².